The average Bonchev–Trinajstić information content (AvgIpc) is 3.00. The molecule has 1 aromatic carbocycles. The van der Waals surface area contributed by atoms with E-state index in [9.17, 15) is 4.79 Å². The van der Waals surface area contributed by atoms with Crippen LogP contribution in [0.15, 0.2) is 24.3 Å². The van der Waals surface area contributed by atoms with Gasteiger partial charge in [0.2, 0.25) is 0 Å². The van der Waals surface area contributed by atoms with Crippen LogP contribution in [0.5, 0.6) is 0 Å². The number of nitrogens with one attached hydrogen (secondary N) is 1. The van der Waals surface area contributed by atoms with Crippen molar-refractivity contribution >= 4 is 5.91 Å². The maximum absolute atomic E-state index is 12.2. The summed E-state index contributed by atoms with van der Waals surface area (Å²) >= 11 is 0. The minimum absolute atomic E-state index is 0.0116. The second-order valence-electron chi connectivity index (χ2n) is 6.73. The van der Waals surface area contributed by atoms with Crippen molar-refractivity contribution in [2.24, 2.45) is 0 Å². The minimum Gasteiger partial charge on any atom is -0.373 e. The van der Waals surface area contributed by atoms with Crippen LogP contribution in [0.1, 0.15) is 48.5 Å². The van der Waals surface area contributed by atoms with Crippen molar-refractivity contribution in [3.05, 3.63) is 35.4 Å². The summed E-state index contributed by atoms with van der Waals surface area (Å²) in [6.45, 7) is 7.83. The molecule has 0 radical (unpaired) electrons. The molecule has 3 rings (SSSR count). The standard InChI is InChI=1S/C18H26N2O2/c1-13(2)14-5-7-15(8-6-14)18(21)19-10-17-11-20-9-3-4-16(20)12-22-17/h5-8,13,16-17H,3-4,9-12H2,1-2H3,(H,19,21)/t16-,17-/m0/s1. The van der Waals surface area contributed by atoms with E-state index in [-0.39, 0.29) is 12.0 Å². The highest BCUT2D eigenvalue weighted by Crippen LogP contribution is 2.22. The molecule has 0 bridgehead atoms. The minimum atomic E-state index is -0.0116. The zero-order chi connectivity index (χ0) is 15.5. The van der Waals surface area contributed by atoms with Crippen molar-refractivity contribution < 1.29 is 9.53 Å². The SMILES string of the molecule is CC(C)c1ccc(C(=O)NC[C@H]2CN3CCC[C@H]3CO2)cc1. The lowest BCUT2D eigenvalue weighted by Crippen LogP contribution is -2.50. The molecule has 2 saturated heterocycles. The van der Waals surface area contributed by atoms with Gasteiger partial charge in [-0.05, 0) is 43.0 Å². The quantitative estimate of drug-likeness (QED) is 0.928. The summed E-state index contributed by atoms with van der Waals surface area (Å²) < 4.78 is 5.87. The number of hydrogen-bond acceptors (Lipinski definition) is 3. The monoisotopic (exact) mass is 302 g/mol. The van der Waals surface area contributed by atoms with Crippen molar-refractivity contribution in [2.75, 3.05) is 26.2 Å². The fourth-order valence-electron chi connectivity index (χ4n) is 3.34. The molecule has 0 saturated carbocycles. The van der Waals surface area contributed by atoms with Gasteiger partial charge >= 0.3 is 0 Å². The highest BCUT2D eigenvalue weighted by molar-refractivity contribution is 5.94. The molecule has 0 aliphatic carbocycles. The lowest BCUT2D eigenvalue weighted by Gasteiger charge is -2.35. The number of fused-ring (bicyclic) bond motifs is 1. The first kappa shape index (κ1) is 15.5. The summed E-state index contributed by atoms with van der Waals surface area (Å²) in [5.74, 6) is 0.476. The third kappa shape index (κ3) is 3.50. The van der Waals surface area contributed by atoms with Gasteiger partial charge in [0, 0.05) is 24.7 Å². The number of hydrogen-bond donors (Lipinski definition) is 1. The number of nitrogens with zero attached hydrogens (tertiary/aromatic N) is 1. The summed E-state index contributed by atoms with van der Waals surface area (Å²) in [6.07, 6.45) is 2.64. The molecular weight excluding hydrogens is 276 g/mol. The van der Waals surface area contributed by atoms with Crippen LogP contribution in [-0.4, -0.2) is 49.2 Å². The summed E-state index contributed by atoms with van der Waals surface area (Å²) in [4.78, 5) is 14.7. The zero-order valence-corrected chi connectivity index (χ0v) is 13.5. The van der Waals surface area contributed by atoms with E-state index in [1.165, 1.54) is 24.9 Å². The van der Waals surface area contributed by atoms with Crippen molar-refractivity contribution in [2.45, 2.75) is 44.8 Å². The van der Waals surface area contributed by atoms with Crippen LogP contribution >= 0.6 is 0 Å². The maximum atomic E-state index is 12.2. The fourth-order valence-corrected chi connectivity index (χ4v) is 3.34. The van der Waals surface area contributed by atoms with Crippen LogP contribution < -0.4 is 5.32 Å². The lowest BCUT2D eigenvalue weighted by atomic mass is 10.0. The molecule has 4 heteroatoms. The van der Waals surface area contributed by atoms with Gasteiger partial charge in [-0.15, -0.1) is 0 Å². The number of benzene rings is 1. The molecule has 2 fully saturated rings. The number of carbonyl (C=O) groups is 1. The first-order valence-corrected chi connectivity index (χ1v) is 8.37. The fraction of sp³-hybridized carbons (Fsp3) is 0.611. The first-order valence-electron chi connectivity index (χ1n) is 8.37. The normalized spacial score (nSPS) is 25.2. The Balaban J connectivity index is 1.49. The highest BCUT2D eigenvalue weighted by Gasteiger charge is 2.32. The highest BCUT2D eigenvalue weighted by atomic mass is 16.5. The lowest BCUT2D eigenvalue weighted by molar-refractivity contribution is -0.0461. The van der Waals surface area contributed by atoms with Gasteiger partial charge in [-0.2, -0.15) is 0 Å². The summed E-state index contributed by atoms with van der Waals surface area (Å²) in [6, 6.07) is 8.48. The molecule has 2 aliphatic rings. The average molecular weight is 302 g/mol. The van der Waals surface area contributed by atoms with Gasteiger partial charge in [0.25, 0.3) is 5.91 Å². The van der Waals surface area contributed by atoms with Gasteiger partial charge in [-0.1, -0.05) is 26.0 Å². The Kier molecular flexibility index (Phi) is 4.79. The van der Waals surface area contributed by atoms with Crippen molar-refractivity contribution in [3.8, 4) is 0 Å². The van der Waals surface area contributed by atoms with Crippen molar-refractivity contribution in [1.82, 2.24) is 10.2 Å². The molecular formula is C18H26N2O2. The third-order valence-corrected chi connectivity index (χ3v) is 4.79. The first-order chi connectivity index (χ1) is 10.6. The van der Waals surface area contributed by atoms with E-state index in [1.54, 1.807) is 0 Å². The third-order valence-electron chi connectivity index (χ3n) is 4.79. The van der Waals surface area contributed by atoms with Crippen LogP contribution in [0, 0.1) is 0 Å². The predicted octanol–water partition coefficient (Wildman–Crippen LogP) is 2.40. The van der Waals surface area contributed by atoms with Gasteiger partial charge < -0.3 is 10.1 Å². The van der Waals surface area contributed by atoms with Gasteiger partial charge in [0.15, 0.2) is 0 Å². The van der Waals surface area contributed by atoms with Crippen molar-refractivity contribution in [1.29, 1.82) is 0 Å². The molecule has 1 N–H and O–H groups in total. The maximum Gasteiger partial charge on any atom is 0.251 e. The topological polar surface area (TPSA) is 41.6 Å². The Bertz CT molecular complexity index is 512. The summed E-state index contributed by atoms with van der Waals surface area (Å²) in [5, 5.41) is 3.01. The number of ether oxygens (including phenoxy) is 1. The van der Waals surface area contributed by atoms with E-state index < -0.39 is 0 Å². The molecule has 4 nitrogen and oxygen atoms in total. The van der Waals surface area contributed by atoms with Crippen LogP contribution in [0.3, 0.4) is 0 Å². The molecule has 2 atom stereocenters. The number of morpholine rings is 1. The van der Waals surface area contributed by atoms with Gasteiger partial charge in [0.1, 0.15) is 0 Å². The Labute approximate surface area is 132 Å². The molecule has 22 heavy (non-hydrogen) atoms. The molecule has 2 heterocycles. The van der Waals surface area contributed by atoms with Crippen LogP contribution in [0.25, 0.3) is 0 Å². The van der Waals surface area contributed by atoms with Gasteiger partial charge in [0.05, 0.1) is 12.7 Å². The number of carbonyl (C=O) groups excluding carboxylic acids is 1. The molecule has 1 aromatic rings. The molecule has 0 unspecified atom stereocenters. The van der Waals surface area contributed by atoms with E-state index in [0.29, 0.717) is 18.5 Å². The smallest absolute Gasteiger partial charge is 0.251 e. The van der Waals surface area contributed by atoms with Crippen LogP contribution in [0.4, 0.5) is 0 Å². The number of amides is 1. The van der Waals surface area contributed by atoms with E-state index in [2.05, 4.69) is 24.1 Å². The van der Waals surface area contributed by atoms with Crippen molar-refractivity contribution in [3.63, 3.8) is 0 Å². The van der Waals surface area contributed by atoms with Crippen LogP contribution in [0.2, 0.25) is 0 Å². The summed E-state index contributed by atoms with van der Waals surface area (Å²) in [7, 11) is 0. The van der Waals surface area contributed by atoms with E-state index in [1.807, 2.05) is 24.3 Å². The molecule has 2 aliphatic heterocycles. The zero-order valence-electron chi connectivity index (χ0n) is 13.5. The molecule has 0 aromatic heterocycles. The molecule has 120 valence electrons. The second kappa shape index (κ2) is 6.80. The largest absolute Gasteiger partial charge is 0.373 e. The Morgan fingerprint density at radius 2 is 2.14 bits per heavy atom. The van der Waals surface area contributed by atoms with Crippen LogP contribution in [-0.2, 0) is 4.74 Å². The Hall–Kier alpha value is -1.39. The Morgan fingerprint density at radius 1 is 1.36 bits per heavy atom. The van der Waals surface area contributed by atoms with E-state index >= 15 is 0 Å². The molecule has 1 amide bonds. The van der Waals surface area contributed by atoms with Gasteiger partial charge in [-0.3, -0.25) is 9.69 Å². The predicted molar refractivity (Wildman–Crippen MR) is 87.2 cm³/mol. The number of rotatable bonds is 4. The van der Waals surface area contributed by atoms with E-state index in [4.69, 9.17) is 4.74 Å². The Morgan fingerprint density at radius 3 is 2.86 bits per heavy atom. The molecule has 0 spiro atoms. The summed E-state index contributed by atoms with van der Waals surface area (Å²) in [5.41, 5.74) is 1.98. The second-order valence-corrected chi connectivity index (χ2v) is 6.73. The van der Waals surface area contributed by atoms with E-state index in [0.717, 1.165) is 18.7 Å². The van der Waals surface area contributed by atoms with Gasteiger partial charge in [-0.25, -0.2) is 0 Å².